The van der Waals surface area contributed by atoms with Crippen molar-refractivity contribution in [1.29, 1.82) is 0 Å². The molecule has 2 atom stereocenters. The highest BCUT2D eigenvalue weighted by Gasteiger charge is 2.26. The summed E-state index contributed by atoms with van der Waals surface area (Å²) in [7, 11) is 0. The molecule has 1 aliphatic rings. The summed E-state index contributed by atoms with van der Waals surface area (Å²) in [6.07, 6.45) is 3.90. The van der Waals surface area contributed by atoms with Crippen molar-refractivity contribution in [2.45, 2.75) is 57.8 Å². The van der Waals surface area contributed by atoms with Crippen LogP contribution in [0.3, 0.4) is 0 Å². The van der Waals surface area contributed by atoms with E-state index in [9.17, 15) is 14.9 Å². The second-order valence-corrected chi connectivity index (χ2v) is 5.43. The average molecular weight is 307 g/mol. The molecular weight excluding hydrogens is 286 g/mol. The lowest BCUT2D eigenvalue weighted by Gasteiger charge is -2.29. The molecule has 1 saturated heterocycles. The van der Waals surface area contributed by atoms with Crippen LogP contribution in [0, 0.1) is 10.1 Å². The molecule has 0 bridgehead atoms. The first kappa shape index (κ1) is 16.4. The van der Waals surface area contributed by atoms with Gasteiger partial charge in [-0.05, 0) is 37.0 Å². The minimum atomic E-state index is -0.515. The van der Waals surface area contributed by atoms with E-state index in [0.717, 1.165) is 31.2 Å². The summed E-state index contributed by atoms with van der Waals surface area (Å²) in [5.41, 5.74) is 0.932. The van der Waals surface area contributed by atoms with Crippen molar-refractivity contribution < 1.29 is 19.2 Å². The number of ether oxygens (including phenoxy) is 2. The summed E-state index contributed by atoms with van der Waals surface area (Å²) >= 11 is 0. The predicted octanol–water partition coefficient (Wildman–Crippen LogP) is 3.90. The first-order valence-electron chi connectivity index (χ1n) is 7.69. The van der Waals surface area contributed by atoms with E-state index in [0.29, 0.717) is 12.8 Å². The zero-order valence-electron chi connectivity index (χ0n) is 12.7. The number of nitro benzene ring substituents is 1. The quantitative estimate of drug-likeness (QED) is 0.452. The van der Waals surface area contributed by atoms with Crippen molar-refractivity contribution in [1.82, 2.24) is 0 Å². The van der Waals surface area contributed by atoms with E-state index >= 15 is 0 Å². The van der Waals surface area contributed by atoms with Gasteiger partial charge in [-0.25, -0.2) is 0 Å². The summed E-state index contributed by atoms with van der Waals surface area (Å²) in [6, 6.07) is 6.33. The summed E-state index contributed by atoms with van der Waals surface area (Å²) < 4.78 is 11.1. The minimum Gasteiger partial charge on any atom is -0.436 e. The van der Waals surface area contributed by atoms with Crippen LogP contribution in [-0.2, 0) is 14.3 Å². The van der Waals surface area contributed by atoms with E-state index < -0.39 is 11.2 Å². The van der Waals surface area contributed by atoms with Crippen molar-refractivity contribution in [3.63, 3.8) is 0 Å². The Morgan fingerprint density at radius 1 is 1.36 bits per heavy atom. The number of unbranched alkanes of at least 4 members (excludes halogenated alkanes) is 1. The molecule has 6 nitrogen and oxygen atoms in total. The Balaban J connectivity index is 1.92. The van der Waals surface area contributed by atoms with Gasteiger partial charge in [0.25, 0.3) is 5.69 Å². The van der Waals surface area contributed by atoms with E-state index in [-0.39, 0.29) is 17.8 Å². The van der Waals surface area contributed by atoms with Crippen LogP contribution in [0.25, 0.3) is 0 Å². The predicted molar refractivity (Wildman–Crippen MR) is 80.2 cm³/mol. The Kier molecular flexibility index (Phi) is 5.89. The van der Waals surface area contributed by atoms with Crippen LogP contribution in [0.4, 0.5) is 5.69 Å². The number of esters is 1. The second kappa shape index (κ2) is 7.89. The second-order valence-electron chi connectivity index (χ2n) is 5.43. The first-order chi connectivity index (χ1) is 10.6. The molecule has 0 radical (unpaired) electrons. The summed E-state index contributed by atoms with van der Waals surface area (Å²) in [5, 5.41) is 10.7. The standard InChI is InChI=1S/C16H21NO5/c1-2-3-6-15(18)22-16-7-4-5-14(21-16)12-8-10-13(11-9-12)17(19)20/h8-11,14,16H,2-7H2,1H3. The van der Waals surface area contributed by atoms with Crippen molar-refractivity contribution in [2.75, 3.05) is 0 Å². The van der Waals surface area contributed by atoms with Crippen LogP contribution in [0.2, 0.25) is 0 Å². The third-order valence-corrected chi connectivity index (χ3v) is 3.70. The van der Waals surface area contributed by atoms with Gasteiger partial charge < -0.3 is 9.47 Å². The van der Waals surface area contributed by atoms with Gasteiger partial charge in [-0.2, -0.15) is 0 Å². The number of nitro groups is 1. The molecule has 22 heavy (non-hydrogen) atoms. The van der Waals surface area contributed by atoms with Gasteiger partial charge in [-0.3, -0.25) is 14.9 Å². The van der Waals surface area contributed by atoms with Gasteiger partial charge in [-0.1, -0.05) is 13.3 Å². The summed E-state index contributed by atoms with van der Waals surface area (Å²) in [6.45, 7) is 2.02. The third kappa shape index (κ3) is 4.53. The molecule has 2 unspecified atom stereocenters. The normalized spacial score (nSPS) is 21.3. The molecule has 0 amide bonds. The first-order valence-corrected chi connectivity index (χ1v) is 7.69. The number of carbonyl (C=O) groups excluding carboxylic acids is 1. The van der Waals surface area contributed by atoms with Gasteiger partial charge in [-0.15, -0.1) is 0 Å². The molecule has 0 N–H and O–H groups in total. The van der Waals surface area contributed by atoms with Gasteiger partial charge in [0, 0.05) is 25.0 Å². The van der Waals surface area contributed by atoms with E-state index in [4.69, 9.17) is 9.47 Å². The van der Waals surface area contributed by atoms with Crippen molar-refractivity contribution in [3.05, 3.63) is 39.9 Å². The van der Waals surface area contributed by atoms with Crippen LogP contribution in [-0.4, -0.2) is 17.2 Å². The number of nitrogens with zero attached hydrogens (tertiary/aromatic N) is 1. The lowest BCUT2D eigenvalue weighted by molar-refractivity contribution is -0.384. The SMILES string of the molecule is CCCCC(=O)OC1CCCC(c2ccc([N+](=O)[O-])cc2)O1. The van der Waals surface area contributed by atoms with E-state index in [2.05, 4.69) is 0 Å². The number of benzene rings is 1. The smallest absolute Gasteiger partial charge is 0.308 e. The fourth-order valence-electron chi connectivity index (χ4n) is 2.46. The molecule has 0 aliphatic carbocycles. The van der Waals surface area contributed by atoms with Crippen LogP contribution in [0.15, 0.2) is 24.3 Å². The maximum Gasteiger partial charge on any atom is 0.308 e. The average Bonchev–Trinajstić information content (AvgIpc) is 2.53. The molecule has 1 aromatic carbocycles. The molecule has 0 aromatic heterocycles. The van der Waals surface area contributed by atoms with Crippen LogP contribution >= 0.6 is 0 Å². The lowest BCUT2D eigenvalue weighted by atomic mass is 10.0. The Bertz CT molecular complexity index is 514. The van der Waals surface area contributed by atoms with Crippen LogP contribution in [0.1, 0.15) is 57.1 Å². The van der Waals surface area contributed by atoms with Crippen molar-refractivity contribution >= 4 is 11.7 Å². The molecule has 1 aliphatic heterocycles. The van der Waals surface area contributed by atoms with Gasteiger partial charge in [0.2, 0.25) is 6.29 Å². The number of rotatable bonds is 6. The molecule has 6 heteroatoms. The Hall–Kier alpha value is -1.95. The zero-order chi connectivity index (χ0) is 15.9. The van der Waals surface area contributed by atoms with Crippen molar-refractivity contribution in [2.24, 2.45) is 0 Å². The summed E-state index contributed by atoms with van der Waals surface area (Å²) in [5.74, 6) is -0.226. The highest BCUT2D eigenvalue weighted by Crippen LogP contribution is 2.32. The van der Waals surface area contributed by atoms with Gasteiger partial charge in [0.05, 0.1) is 11.0 Å². The lowest BCUT2D eigenvalue weighted by Crippen LogP contribution is -2.27. The maximum atomic E-state index is 11.7. The molecule has 1 aromatic rings. The van der Waals surface area contributed by atoms with E-state index in [1.165, 1.54) is 12.1 Å². The Labute approximate surface area is 129 Å². The third-order valence-electron chi connectivity index (χ3n) is 3.70. The van der Waals surface area contributed by atoms with Crippen molar-refractivity contribution in [3.8, 4) is 0 Å². The molecule has 2 rings (SSSR count). The molecule has 0 saturated carbocycles. The monoisotopic (exact) mass is 307 g/mol. The van der Waals surface area contributed by atoms with Gasteiger partial charge in [0.15, 0.2) is 0 Å². The summed E-state index contributed by atoms with van der Waals surface area (Å²) in [4.78, 5) is 21.9. The minimum absolute atomic E-state index is 0.0575. The van der Waals surface area contributed by atoms with Crippen LogP contribution in [0.5, 0.6) is 0 Å². The van der Waals surface area contributed by atoms with Gasteiger partial charge in [0.1, 0.15) is 0 Å². The Morgan fingerprint density at radius 2 is 2.09 bits per heavy atom. The number of carbonyl (C=O) groups is 1. The fourth-order valence-corrected chi connectivity index (χ4v) is 2.46. The highest BCUT2D eigenvalue weighted by atomic mass is 16.7. The molecule has 0 spiro atoms. The van der Waals surface area contributed by atoms with E-state index in [1.807, 2.05) is 6.92 Å². The molecule has 1 heterocycles. The maximum absolute atomic E-state index is 11.7. The van der Waals surface area contributed by atoms with E-state index in [1.54, 1.807) is 12.1 Å². The highest BCUT2D eigenvalue weighted by molar-refractivity contribution is 5.69. The largest absolute Gasteiger partial charge is 0.436 e. The molecule has 120 valence electrons. The number of non-ortho nitro benzene ring substituents is 1. The number of hydrogen-bond donors (Lipinski definition) is 0. The zero-order valence-corrected chi connectivity index (χ0v) is 12.7. The fraction of sp³-hybridized carbons (Fsp3) is 0.562. The number of hydrogen-bond acceptors (Lipinski definition) is 5. The van der Waals surface area contributed by atoms with Crippen LogP contribution < -0.4 is 0 Å². The molecule has 1 fully saturated rings. The van der Waals surface area contributed by atoms with Gasteiger partial charge >= 0.3 is 5.97 Å². The molecular formula is C16H21NO5. The Morgan fingerprint density at radius 3 is 2.73 bits per heavy atom. The topological polar surface area (TPSA) is 78.7 Å².